The maximum atomic E-state index is 12.5. The molecule has 0 radical (unpaired) electrons. The normalized spacial score (nSPS) is 14.0. The van der Waals surface area contributed by atoms with Crippen molar-refractivity contribution in [3.8, 4) is 11.8 Å². The SMILES string of the molecule is Cc1ccc(Cl)cc1NC(=O)/C(C#N)=C\c1ccc(OCC(=O)N2CCOCC2)cc1. The van der Waals surface area contributed by atoms with E-state index in [2.05, 4.69) is 5.32 Å². The van der Waals surface area contributed by atoms with E-state index >= 15 is 0 Å². The topological polar surface area (TPSA) is 91.7 Å². The number of nitrogens with one attached hydrogen (secondary N) is 1. The number of aryl methyl sites for hydroxylation is 1. The van der Waals surface area contributed by atoms with Crippen molar-refractivity contribution < 1.29 is 19.1 Å². The zero-order chi connectivity index (χ0) is 22.2. The second-order valence-electron chi connectivity index (χ2n) is 6.93. The number of ether oxygens (including phenoxy) is 2. The van der Waals surface area contributed by atoms with E-state index in [1.807, 2.05) is 13.0 Å². The summed E-state index contributed by atoms with van der Waals surface area (Å²) < 4.78 is 10.8. The van der Waals surface area contributed by atoms with Gasteiger partial charge in [0.15, 0.2) is 6.61 Å². The molecule has 0 saturated carbocycles. The molecule has 0 atom stereocenters. The lowest BCUT2D eigenvalue weighted by molar-refractivity contribution is -0.137. The van der Waals surface area contributed by atoms with Gasteiger partial charge in [-0.05, 0) is 48.4 Å². The van der Waals surface area contributed by atoms with Crippen LogP contribution in [-0.4, -0.2) is 49.6 Å². The molecule has 7 nitrogen and oxygen atoms in total. The number of carbonyl (C=O) groups excluding carboxylic acids is 2. The summed E-state index contributed by atoms with van der Waals surface area (Å²) in [6.07, 6.45) is 1.48. The van der Waals surface area contributed by atoms with Crippen LogP contribution in [0, 0.1) is 18.3 Å². The van der Waals surface area contributed by atoms with E-state index in [-0.39, 0.29) is 18.1 Å². The lowest BCUT2D eigenvalue weighted by Crippen LogP contribution is -2.42. The third-order valence-corrected chi connectivity index (χ3v) is 4.97. The molecular weight excluding hydrogens is 418 g/mol. The molecule has 1 fully saturated rings. The first-order valence-electron chi connectivity index (χ1n) is 9.74. The van der Waals surface area contributed by atoms with Crippen molar-refractivity contribution in [2.24, 2.45) is 0 Å². The molecule has 1 aliphatic heterocycles. The van der Waals surface area contributed by atoms with E-state index in [0.29, 0.717) is 48.3 Å². The van der Waals surface area contributed by atoms with Gasteiger partial charge < -0.3 is 19.7 Å². The highest BCUT2D eigenvalue weighted by molar-refractivity contribution is 6.31. The molecule has 1 aliphatic rings. The molecule has 2 aromatic rings. The summed E-state index contributed by atoms with van der Waals surface area (Å²) in [7, 11) is 0. The Morgan fingerprint density at radius 1 is 1.23 bits per heavy atom. The number of anilines is 1. The van der Waals surface area contributed by atoms with Crippen molar-refractivity contribution in [2.45, 2.75) is 6.92 Å². The molecule has 0 aromatic heterocycles. The predicted octanol–water partition coefficient (Wildman–Crippen LogP) is 3.43. The van der Waals surface area contributed by atoms with Crippen molar-refractivity contribution in [1.29, 1.82) is 5.26 Å². The van der Waals surface area contributed by atoms with E-state index in [1.54, 1.807) is 47.4 Å². The summed E-state index contributed by atoms with van der Waals surface area (Å²) in [5.74, 6) is -0.0902. The predicted molar refractivity (Wildman–Crippen MR) is 118 cm³/mol. The van der Waals surface area contributed by atoms with Gasteiger partial charge in [-0.3, -0.25) is 9.59 Å². The lowest BCUT2D eigenvalue weighted by atomic mass is 10.1. The molecule has 3 rings (SSSR count). The van der Waals surface area contributed by atoms with Gasteiger partial charge in [-0.1, -0.05) is 29.8 Å². The summed E-state index contributed by atoms with van der Waals surface area (Å²) in [6.45, 7) is 4.00. The minimum atomic E-state index is -0.524. The molecule has 31 heavy (non-hydrogen) atoms. The van der Waals surface area contributed by atoms with Crippen molar-refractivity contribution in [3.05, 3.63) is 64.2 Å². The van der Waals surface area contributed by atoms with E-state index in [9.17, 15) is 14.9 Å². The van der Waals surface area contributed by atoms with Crippen LogP contribution in [0.15, 0.2) is 48.0 Å². The van der Waals surface area contributed by atoms with Crippen LogP contribution >= 0.6 is 11.6 Å². The van der Waals surface area contributed by atoms with Crippen LogP contribution < -0.4 is 10.1 Å². The number of nitrogens with zero attached hydrogens (tertiary/aromatic N) is 2. The zero-order valence-corrected chi connectivity index (χ0v) is 17.8. The van der Waals surface area contributed by atoms with Crippen LogP contribution in [0.4, 0.5) is 5.69 Å². The number of amides is 2. The Labute approximate surface area is 185 Å². The molecule has 1 heterocycles. The summed E-state index contributed by atoms with van der Waals surface area (Å²) in [6, 6.07) is 13.9. The first-order chi connectivity index (χ1) is 15.0. The van der Waals surface area contributed by atoms with Gasteiger partial charge in [0.1, 0.15) is 17.4 Å². The summed E-state index contributed by atoms with van der Waals surface area (Å²) in [5, 5.41) is 12.6. The van der Waals surface area contributed by atoms with Gasteiger partial charge in [0.2, 0.25) is 0 Å². The average Bonchev–Trinajstić information content (AvgIpc) is 2.79. The van der Waals surface area contributed by atoms with Gasteiger partial charge in [0.25, 0.3) is 11.8 Å². The third-order valence-electron chi connectivity index (χ3n) is 4.73. The largest absolute Gasteiger partial charge is 0.484 e. The summed E-state index contributed by atoms with van der Waals surface area (Å²) >= 11 is 5.98. The van der Waals surface area contributed by atoms with Crippen LogP contribution in [0.5, 0.6) is 5.75 Å². The third kappa shape index (κ3) is 6.32. The van der Waals surface area contributed by atoms with Gasteiger partial charge >= 0.3 is 0 Å². The van der Waals surface area contributed by atoms with E-state index < -0.39 is 5.91 Å². The van der Waals surface area contributed by atoms with Gasteiger partial charge in [-0.15, -0.1) is 0 Å². The summed E-state index contributed by atoms with van der Waals surface area (Å²) in [4.78, 5) is 26.3. The monoisotopic (exact) mass is 439 g/mol. The Hall–Kier alpha value is -3.34. The van der Waals surface area contributed by atoms with E-state index in [4.69, 9.17) is 21.1 Å². The van der Waals surface area contributed by atoms with E-state index in [1.165, 1.54) is 6.08 Å². The fourth-order valence-corrected chi connectivity index (χ4v) is 3.12. The lowest BCUT2D eigenvalue weighted by Gasteiger charge is -2.26. The molecule has 160 valence electrons. The average molecular weight is 440 g/mol. The molecular formula is C23H22ClN3O4. The minimum Gasteiger partial charge on any atom is -0.484 e. The first kappa shape index (κ1) is 22.3. The molecule has 8 heteroatoms. The molecule has 2 amide bonds. The Kier molecular flexibility index (Phi) is 7.65. The van der Waals surface area contributed by atoms with Crippen LogP contribution in [0.2, 0.25) is 5.02 Å². The quantitative estimate of drug-likeness (QED) is 0.550. The number of hydrogen-bond acceptors (Lipinski definition) is 5. The maximum Gasteiger partial charge on any atom is 0.266 e. The highest BCUT2D eigenvalue weighted by Gasteiger charge is 2.17. The second kappa shape index (κ2) is 10.6. The van der Waals surface area contributed by atoms with Crippen LogP contribution in [0.25, 0.3) is 6.08 Å². The highest BCUT2D eigenvalue weighted by Crippen LogP contribution is 2.21. The fourth-order valence-electron chi connectivity index (χ4n) is 2.94. The van der Waals surface area contributed by atoms with Crippen molar-refractivity contribution in [2.75, 3.05) is 38.2 Å². The molecule has 0 bridgehead atoms. The van der Waals surface area contributed by atoms with Crippen molar-refractivity contribution in [1.82, 2.24) is 4.90 Å². The van der Waals surface area contributed by atoms with Crippen LogP contribution in [-0.2, 0) is 14.3 Å². The van der Waals surface area contributed by atoms with Gasteiger partial charge in [-0.25, -0.2) is 0 Å². The second-order valence-corrected chi connectivity index (χ2v) is 7.37. The van der Waals surface area contributed by atoms with Gasteiger partial charge in [0, 0.05) is 23.8 Å². The molecule has 0 unspecified atom stereocenters. The van der Waals surface area contributed by atoms with Crippen molar-refractivity contribution >= 4 is 35.2 Å². The van der Waals surface area contributed by atoms with Crippen molar-refractivity contribution in [3.63, 3.8) is 0 Å². The number of hydrogen-bond donors (Lipinski definition) is 1. The van der Waals surface area contributed by atoms with Gasteiger partial charge in [-0.2, -0.15) is 5.26 Å². The number of halogens is 1. The number of benzene rings is 2. The number of nitriles is 1. The smallest absolute Gasteiger partial charge is 0.266 e. The number of morpholine rings is 1. The van der Waals surface area contributed by atoms with Crippen LogP contribution in [0.1, 0.15) is 11.1 Å². The van der Waals surface area contributed by atoms with E-state index in [0.717, 1.165) is 5.56 Å². The molecule has 2 aromatic carbocycles. The first-order valence-corrected chi connectivity index (χ1v) is 10.1. The summed E-state index contributed by atoms with van der Waals surface area (Å²) in [5.41, 5.74) is 1.99. The minimum absolute atomic E-state index is 0.0458. The highest BCUT2D eigenvalue weighted by atomic mass is 35.5. The Balaban J connectivity index is 1.60. The molecule has 1 saturated heterocycles. The van der Waals surface area contributed by atoms with Gasteiger partial charge in [0.05, 0.1) is 13.2 Å². The number of carbonyl (C=O) groups is 2. The molecule has 1 N–H and O–H groups in total. The fraction of sp³-hybridized carbons (Fsp3) is 0.261. The van der Waals surface area contributed by atoms with Crippen LogP contribution in [0.3, 0.4) is 0 Å². The number of rotatable bonds is 6. The maximum absolute atomic E-state index is 12.5. The molecule has 0 aliphatic carbocycles. The Morgan fingerprint density at radius 3 is 2.61 bits per heavy atom. The Morgan fingerprint density at radius 2 is 1.94 bits per heavy atom. The standard InChI is InChI=1S/C23H22ClN3O4/c1-16-2-5-19(24)13-21(16)26-23(29)18(14-25)12-17-3-6-20(7-4-17)31-15-22(28)27-8-10-30-11-9-27/h2-7,12-13H,8-11,15H2,1H3,(H,26,29)/b18-12-. The zero-order valence-electron chi connectivity index (χ0n) is 17.1. The Bertz CT molecular complexity index is 1020. The molecule has 0 spiro atoms.